The zero-order chi connectivity index (χ0) is 11.5. The van der Waals surface area contributed by atoms with Gasteiger partial charge < -0.3 is 4.74 Å². The van der Waals surface area contributed by atoms with E-state index in [2.05, 4.69) is 15.9 Å². The lowest BCUT2D eigenvalue weighted by Gasteiger charge is -2.25. The van der Waals surface area contributed by atoms with Crippen LogP contribution in [-0.2, 0) is 4.74 Å². The Morgan fingerprint density at radius 3 is 2.80 bits per heavy atom. The highest BCUT2D eigenvalue weighted by atomic mass is 79.9. The molecule has 0 bridgehead atoms. The predicted molar refractivity (Wildman–Crippen MR) is 64.0 cm³/mol. The number of alkyl halides is 1. The molecule has 0 aliphatic carbocycles. The molecule has 1 atom stereocenters. The lowest BCUT2D eigenvalue weighted by Crippen LogP contribution is -2.35. The summed E-state index contributed by atoms with van der Waals surface area (Å²) in [6.45, 7) is 6.29. The molecule has 4 heteroatoms. The Bertz CT molecular complexity index is 258. The van der Waals surface area contributed by atoms with E-state index >= 15 is 0 Å². The molecule has 0 saturated carbocycles. The minimum Gasteiger partial charge on any atom is -0.443 e. The van der Waals surface area contributed by atoms with Gasteiger partial charge in [0, 0.05) is 17.6 Å². The van der Waals surface area contributed by atoms with E-state index < -0.39 is 5.60 Å². The van der Waals surface area contributed by atoms with Crippen LogP contribution in [-0.4, -0.2) is 28.0 Å². The van der Waals surface area contributed by atoms with Gasteiger partial charge in [0.25, 0.3) is 0 Å². The Morgan fingerprint density at radius 1 is 1.53 bits per heavy atom. The summed E-state index contributed by atoms with van der Waals surface area (Å²) in [5, 5.41) is 0. The quantitative estimate of drug-likeness (QED) is 0.635. The fourth-order valence-electron chi connectivity index (χ4n) is 1.30. The molecule has 3 nitrogen and oxygen atoms in total. The van der Waals surface area contributed by atoms with Crippen molar-refractivity contribution in [1.82, 2.24) is 4.90 Å². The summed E-state index contributed by atoms with van der Waals surface area (Å²) in [7, 11) is 0. The average Bonchev–Trinajstić information content (AvgIpc) is 2.26. The summed E-state index contributed by atoms with van der Waals surface area (Å²) in [6.07, 6.45) is 5.59. The van der Waals surface area contributed by atoms with Gasteiger partial charge in [-0.15, -0.1) is 0 Å². The summed E-state index contributed by atoms with van der Waals surface area (Å²) >= 11 is 3.54. The van der Waals surface area contributed by atoms with Gasteiger partial charge in [-0.05, 0) is 33.6 Å². The second-order valence-corrected chi connectivity index (χ2v) is 5.99. The highest BCUT2D eigenvalue weighted by Crippen LogP contribution is 2.17. The molecule has 0 aromatic carbocycles. The van der Waals surface area contributed by atoms with Gasteiger partial charge in [-0.3, -0.25) is 4.90 Å². The average molecular weight is 276 g/mol. The summed E-state index contributed by atoms with van der Waals surface area (Å²) in [5.41, 5.74) is -0.432. The molecule has 1 heterocycles. The lowest BCUT2D eigenvalue weighted by molar-refractivity contribution is 0.0338. The van der Waals surface area contributed by atoms with E-state index in [1.54, 1.807) is 4.90 Å². The third kappa shape index (κ3) is 4.69. The topological polar surface area (TPSA) is 29.5 Å². The molecule has 1 aliphatic heterocycles. The first-order valence-electron chi connectivity index (χ1n) is 5.19. The molecular weight excluding hydrogens is 258 g/mol. The van der Waals surface area contributed by atoms with Gasteiger partial charge >= 0.3 is 6.09 Å². The summed E-state index contributed by atoms with van der Waals surface area (Å²) in [4.78, 5) is 13.7. The standard InChI is InChI=1S/C11H18BrNO2/c1-11(2,3)15-10(14)13-7-5-4-6-9(12)8-13/h5,7,9H,4,6,8H2,1-3H3. The van der Waals surface area contributed by atoms with E-state index in [1.807, 2.05) is 33.0 Å². The number of hydrogen-bond acceptors (Lipinski definition) is 2. The van der Waals surface area contributed by atoms with Crippen molar-refractivity contribution in [3.8, 4) is 0 Å². The highest BCUT2D eigenvalue weighted by molar-refractivity contribution is 9.09. The molecule has 1 rings (SSSR count). The molecule has 0 N–H and O–H groups in total. The molecule has 1 amide bonds. The number of carbonyl (C=O) groups excluding carboxylic acids is 1. The van der Waals surface area contributed by atoms with Gasteiger partial charge in [0.2, 0.25) is 0 Å². The zero-order valence-corrected chi connectivity index (χ0v) is 11.1. The summed E-state index contributed by atoms with van der Waals surface area (Å²) in [6, 6.07) is 0. The molecule has 0 fully saturated rings. The van der Waals surface area contributed by atoms with E-state index in [0.717, 1.165) is 12.8 Å². The van der Waals surface area contributed by atoms with Crippen LogP contribution in [0.1, 0.15) is 33.6 Å². The van der Waals surface area contributed by atoms with Crippen LogP contribution in [0.2, 0.25) is 0 Å². The largest absolute Gasteiger partial charge is 0.443 e. The number of hydrogen-bond donors (Lipinski definition) is 0. The Hall–Kier alpha value is -0.510. The van der Waals surface area contributed by atoms with Crippen molar-refractivity contribution in [1.29, 1.82) is 0 Å². The van der Waals surface area contributed by atoms with Crippen molar-refractivity contribution >= 4 is 22.0 Å². The van der Waals surface area contributed by atoms with E-state index in [4.69, 9.17) is 4.74 Å². The fraction of sp³-hybridized carbons (Fsp3) is 0.727. The number of nitrogens with zero attached hydrogens (tertiary/aromatic N) is 1. The van der Waals surface area contributed by atoms with Gasteiger partial charge in [0.05, 0.1) is 0 Å². The predicted octanol–water partition coefficient (Wildman–Crippen LogP) is 3.29. The van der Waals surface area contributed by atoms with Crippen LogP contribution in [0.15, 0.2) is 12.3 Å². The molecule has 0 aromatic heterocycles. The maximum atomic E-state index is 11.7. The smallest absolute Gasteiger partial charge is 0.414 e. The van der Waals surface area contributed by atoms with Crippen molar-refractivity contribution in [3.05, 3.63) is 12.3 Å². The first-order valence-corrected chi connectivity index (χ1v) is 6.10. The van der Waals surface area contributed by atoms with E-state index in [-0.39, 0.29) is 6.09 Å². The van der Waals surface area contributed by atoms with Crippen molar-refractivity contribution < 1.29 is 9.53 Å². The van der Waals surface area contributed by atoms with Crippen molar-refractivity contribution in [2.45, 2.75) is 44.0 Å². The first-order chi connectivity index (χ1) is 6.88. The van der Waals surface area contributed by atoms with E-state index in [0.29, 0.717) is 11.4 Å². The molecule has 0 saturated heterocycles. The van der Waals surface area contributed by atoms with Crippen molar-refractivity contribution in [2.24, 2.45) is 0 Å². The lowest BCUT2D eigenvalue weighted by atomic mass is 10.2. The first kappa shape index (κ1) is 12.6. The van der Waals surface area contributed by atoms with Crippen LogP contribution in [0.25, 0.3) is 0 Å². The second-order valence-electron chi connectivity index (χ2n) is 4.69. The third-order valence-electron chi connectivity index (χ3n) is 1.95. The minimum absolute atomic E-state index is 0.273. The van der Waals surface area contributed by atoms with Gasteiger partial charge in [0.1, 0.15) is 5.60 Å². The number of ether oxygens (including phenoxy) is 1. The number of halogens is 1. The molecule has 1 unspecified atom stereocenters. The Labute approximate surface area is 99.6 Å². The Balaban J connectivity index is 2.58. The Kier molecular flexibility index (Phi) is 4.20. The SMILES string of the molecule is CC(C)(C)OC(=O)N1C=CCCC(Br)C1. The van der Waals surface area contributed by atoms with Crippen molar-refractivity contribution in [2.75, 3.05) is 6.54 Å². The van der Waals surface area contributed by atoms with Crippen LogP contribution in [0.4, 0.5) is 4.79 Å². The normalized spacial score (nSPS) is 22.4. The molecule has 1 aliphatic rings. The number of amides is 1. The molecule has 0 aromatic rings. The second kappa shape index (κ2) is 5.01. The fourth-order valence-corrected chi connectivity index (χ4v) is 1.88. The zero-order valence-electron chi connectivity index (χ0n) is 9.50. The number of rotatable bonds is 0. The maximum Gasteiger partial charge on any atom is 0.414 e. The van der Waals surface area contributed by atoms with Gasteiger partial charge in [-0.1, -0.05) is 22.0 Å². The van der Waals surface area contributed by atoms with Crippen LogP contribution in [0, 0.1) is 0 Å². The van der Waals surface area contributed by atoms with E-state index in [1.165, 1.54) is 0 Å². The highest BCUT2D eigenvalue weighted by Gasteiger charge is 2.23. The molecule has 0 spiro atoms. The van der Waals surface area contributed by atoms with Crippen LogP contribution in [0.3, 0.4) is 0 Å². The van der Waals surface area contributed by atoms with Crippen LogP contribution < -0.4 is 0 Å². The maximum absolute atomic E-state index is 11.7. The minimum atomic E-state index is -0.432. The molecule has 0 radical (unpaired) electrons. The van der Waals surface area contributed by atoms with Crippen LogP contribution >= 0.6 is 15.9 Å². The third-order valence-corrected chi connectivity index (χ3v) is 2.70. The van der Waals surface area contributed by atoms with E-state index in [9.17, 15) is 4.79 Å². The van der Waals surface area contributed by atoms with Crippen LogP contribution in [0.5, 0.6) is 0 Å². The molecule has 86 valence electrons. The van der Waals surface area contributed by atoms with Gasteiger partial charge in [0.15, 0.2) is 0 Å². The van der Waals surface area contributed by atoms with Crippen molar-refractivity contribution in [3.63, 3.8) is 0 Å². The number of carbonyl (C=O) groups is 1. The monoisotopic (exact) mass is 275 g/mol. The Morgan fingerprint density at radius 2 is 2.20 bits per heavy atom. The number of allylic oxidation sites excluding steroid dienone is 1. The molecular formula is C11H18BrNO2. The van der Waals surface area contributed by atoms with Gasteiger partial charge in [-0.2, -0.15) is 0 Å². The summed E-state index contributed by atoms with van der Waals surface area (Å²) < 4.78 is 5.30. The summed E-state index contributed by atoms with van der Waals surface area (Å²) in [5.74, 6) is 0. The molecule has 15 heavy (non-hydrogen) atoms. The van der Waals surface area contributed by atoms with Gasteiger partial charge in [-0.25, -0.2) is 4.79 Å².